The average Bonchev–Trinajstić information content (AvgIpc) is 2.57. The second-order valence-electron chi connectivity index (χ2n) is 3.88. The Bertz CT molecular complexity index is 510. The van der Waals surface area contributed by atoms with Crippen molar-refractivity contribution in [3.63, 3.8) is 0 Å². The van der Waals surface area contributed by atoms with Crippen LogP contribution in [0.15, 0.2) is 16.5 Å². The summed E-state index contributed by atoms with van der Waals surface area (Å²) in [7, 11) is 0. The molecule has 0 saturated carbocycles. The van der Waals surface area contributed by atoms with Crippen LogP contribution in [0.5, 0.6) is 0 Å². The van der Waals surface area contributed by atoms with Gasteiger partial charge in [-0.15, -0.1) is 0 Å². The van der Waals surface area contributed by atoms with Crippen LogP contribution in [0.25, 0.3) is 11.1 Å². The molecule has 5 heteroatoms. The second-order valence-corrected chi connectivity index (χ2v) is 4.29. The maximum Gasteiger partial charge on any atom is 0.209 e. The Morgan fingerprint density at radius 3 is 2.94 bits per heavy atom. The first-order valence-corrected chi connectivity index (χ1v) is 5.42. The Labute approximate surface area is 97.6 Å². The van der Waals surface area contributed by atoms with E-state index in [-0.39, 0.29) is 5.02 Å². The van der Waals surface area contributed by atoms with Crippen LogP contribution in [0, 0.1) is 5.82 Å². The van der Waals surface area contributed by atoms with Crippen molar-refractivity contribution < 1.29 is 8.81 Å². The molecule has 0 aliphatic carbocycles. The van der Waals surface area contributed by atoms with E-state index in [0.29, 0.717) is 29.6 Å². The van der Waals surface area contributed by atoms with E-state index in [2.05, 4.69) is 10.3 Å². The molecule has 1 aromatic heterocycles. The fourth-order valence-corrected chi connectivity index (χ4v) is 1.61. The van der Waals surface area contributed by atoms with Crippen LogP contribution in [0.4, 0.5) is 4.39 Å². The summed E-state index contributed by atoms with van der Waals surface area (Å²) in [6, 6.07) is 2.86. The highest BCUT2D eigenvalue weighted by Gasteiger charge is 2.10. The van der Waals surface area contributed by atoms with Crippen LogP contribution in [0.2, 0.25) is 5.02 Å². The summed E-state index contributed by atoms with van der Waals surface area (Å²) in [4.78, 5) is 4.15. The van der Waals surface area contributed by atoms with Crippen molar-refractivity contribution in [1.82, 2.24) is 10.3 Å². The van der Waals surface area contributed by atoms with Gasteiger partial charge in [0, 0.05) is 12.1 Å². The topological polar surface area (TPSA) is 38.1 Å². The predicted molar refractivity (Wildman–Crippen MR) is 61.0 cm³/mol. The molecule has 0 aliphatic heterocycles. The van der Waals surface area contributed by atoms with Crippen molar-refractivity contribution >= 4 is 22.7 Å². The number of halogens is 2. The van der Waals surface area contributed by atoms with Crippen LogP contribution in [-0.2, 0) is 6.54 Å². The van der Waals surface area contributed by atoms with E-state index >= 15 is 0 Å². The van der Waals surface area contributed by atoms with Gasteiger partial charge in [-0.05, 0) is 6.07 Å². The lowest BCUT2D eigenvalue weighted by molar-refractivity contribution is 0.472. The Morgan fingerprint density at radius 1 is 1.50 bits per heavy atom. The van der Waals surface area contributed by atoms with Crippen LogP contribution < -0.4 is 5.32 Å². The van der Waals surface area contributed by atoms with Gasteiger partial charge in [0.1, 0.15) is 11.3 Å². The Balaban J connectivity index is 2.33. The fourth-order valence-electron chi connectivity index (χ4n) is 1.37. The van der Waals surface area contributed by atoms with Crippen molar-refractivity contribution in [3.8, 4) is 0 Å². The maximum absolute atomic E-state index is 13.0. The highest BCUT2D eigenvalue weighted by molar-refractivity contribution is 6.34. The van der Waals surface area contributed by atoms with E-state index in [1.54, 1.807) is 0 Å². The van der Waals surface area contributed by atoms with Gasteiger partial charge in [-0.1, -0.05) is 25.4 Å². The molecule has 16 heavy (non-hydrogen) atoms. The zero-order chi connectivity index (χ0) is 11.7. The smallest absolute Gasteiger partial charge is 0.209 e. The minimum Gasteiger partial charge on any atom is -0.438 e. The maximum atomic E-state index is 13.0. The van der Waals surface area contributed by atoms with Gasteiger partial charge in [-0.3, -0.25) is 0 Å². The highest BCUT2D eigenvalue weighted by Crippen LogP contribution is 2.25. The quantitative estimate of drug-likeness (QED) is 0.899. The number of aromatic nitrogens is 1. The van der Waals surface area contributed by atoms with Gasteiger partial charge in [0.05, 0.1) is 11.6 Å². The molecule has 0 aliphatic rings. The molecule has 1 heterocycles. The van der Waals surface area contributed by atoms with Gasteiger partial charge in [0.25, 0.3) is 0 Å². The summed E-state index contributed by atoms with van der Waals surface area (Å²) in [5, 5.41) is 3.41. The van der Waals surface area contributed by atoms with E-state index < -0.39 is 5.82 Å². The third-order valence-electron chi connectivity index (χ3n) is 2.12. The van der Waals surface area contributed by atoms with Crippen molar-refractivity contribution in [3.05, 3.63) is 28.9 Å². The number of oxazole rings is 1. The van der Waals surface area contributed by atoms with E-state index in [4.69, 9.17) is 16.0 Å². The SMILES string of the molecule is CC(C)NCc1nc2cc(F)cc(Cl)c2o1. The lowest BCUT2D eigenvalue weighted by Crippen LogP contribution is -2.21. The molecule has 1 aromatic carbocycles. The first-order valence-electron chi connectivity index (χ1n) is 5.04. The third-order valence-corrected chi connectivity index (χ3v) is 2.40. The van der Waals surface area contributed by atoms with Gasteiger partial charge in [0.2, 0.25) is 5.89 Å². The Morgan fingerprint density at radius 2 is 2.25 bits per heavy atom. The number of hydrogen-bond donors (Lipinski definition) is 1. The summed E-state index contributed by atoms with van der Waals surface area (Å²) in [5.41, 5.74) is 0.883. The first kappa shape index (κ1) is 11.4. The molecule has 86 valence electrons. The zero-order valence-electron chi connectivity index (χ0n) is 9.05. The summed E-state index contributed by atoms with van der Waals surface area (Å²) in [6.07, 6.45) is 0. The molecular weight excluding hydrogens is 231 g/mol. The number of fused-ring (bicyclic) bond motifs is 1. The molecule has 0 radical (unpaired) electrons. The minimum absolute atomic E-state index is 0.248. The minimum atomic E-state index is -0.408. The lowest BCUT2D eigenvalue weighted by atomic mass is 10.3. The first-order chi connectivity index (χ1) is 7.56. The Hall–Kier alpha value is -1.13. The second kappa shape index (κ2) is 4.39. The summed E-state index contributed by atoms with van der Waals surface area (Å²) in [6.45, 7) is 4.55. The van der Waals surface area contributed by atoms with Crippen LogP contribution >= 0.6 is 11.6 Å². The molecule has 0 amide bonds. The lowest BCUT2D eigenvalue weighted by Gasteiger charge is -2.03. The van der Waals surface area contributed by atoms with Crippen molar-refractivity contribution in [2.45, 2.75) is 26.4 Å². The molecule has 2 aromatic rings. The zero-order valence-corrected chi connectivity index (χ0v) is 9.81. The number of nitrogens with one attached hydrogen (secondary N) is 1. The van der Waals surface area contributed by atoms with Crippen molar-refractivity contribution in [2.75, 3.05) is 0 Å². The van der Waals surface area contributed by atoms with Gasteiger partial charge in [0.15, 0.2) is 5.58 Å². The fraction of sp³-hybridized carbons (Fsp3) is 0.364. The van der Waals surface area contributed by atoms with E-state index in [0.717, 1.165) is 0 Å². The summed E-state index contributed by atoms with van der Waals surface area (Å²) < 4.78 is 18.5. The molecule has 3 nitrogen and oxygen atoms in total. The van der Waals surface area contributed by atoms with Gasteiger partial charge in [-0.25, -0.2) is 9.37 Å². The molecule has 0 bridgehead atoms. The van der Waals surface area contributed by atoms with Gasteiger partial charge >= 0.3 is 0 Å². The summed E-state index contributed by atoms with van der Waals surface area (Å²) in [5.74, 6) is 0.102. The third kappa shape index (κ3) is 2.33. The van der Waals surface area contributed by atoms with Gasteiger partial charge in [-0.2, -0.15) is 0 Å². The highest BCUT2D eigenvalue weighted by atomic mass is 35.5. The number of benzene rings is 1. The van der Waals surface area contributed by atoms with E-state index in [9.17, 15) is 4.39 Å². The van der Waals surface area contributed by atoms with Crippen molar-refractivity contribution in [2.24, 2.45) is 0 Å². The molecule has 0 atom stereocenters. The van der Waals surface area contributed by atoms with Crippen molar-refractivity contribution in [1.29, 1.82) is 0 Å². The largest absolute Gasteiger partial charge is 0.438 e. The number of rotatable bonds is 3. The molecule has 0 saturated heterocycles. The molecule has 0 spiro atoms. The molecule has 1 N–H and O–H groups in total. The molecule has 0 unspecified atom stereocenters. The van der Waals surface area contributed by atoms with E-state index in [1.165, 1.54) is 12.1 Å². The van der Waals surface area contributed by atoms with Crippen LogP contribution in [0.3, 0.4) is 0 Å². The normalized spacial score (nSPS) is 11.6. The van der Waals surface area contributed by atoms with Crippen LogP contribution in [-0.4, -0.2) is 11.0 Å². The molecular formula is C11H12ClFN2O. The number of nitrogens with zero attached hydrogens (tertiary/aromatic N) is 1. The average molecular weight is 243 g/mol. The predicted octanol–water partition coefficient (Wildman–Crippen LogP) is 3.12. The van der Waals surface area contributed by atoms with Crippen LogP contribution in [0.1, 0.15) is 19.7 Å². The Kier molecular flexibility index (Phi) is 3.12. The van der Waals surface area contributed by atoms with Gasteiger partial charge < -0.3 is 9.73 Å². The molecule has 0 fully saturated rings. The molecule has 2 rings (SSSR count). The van der Waals surface area contributed by atoms with E-state index in [1.807, 2.05) is 13.8 Å². The monoisotopic (exact) mass is 242 g/mol. The standard InChI is InChI=1S/C11H12ClFN2O/c1-6(2)14-5-10-15-9-4-7(13)3-8(12)11(9)16-10/h3-4,6,14H,5H2,1-2H3. The summed E-state index contributed by atoms with van der Waals surface area (Å²) >= 11 is 5.84. The number of hydrogen-bond acceptors (Lipinski definition) is 3.